The second kappa shape index (κ2) is 2.44. The average Bonchev–Trinajstić information content (AvgIpc) is 1.84. The maximum atomic E-state index is 12.1. The Bertz CT molecular complexity index is 172. The van der Waals surface area contributed by atoms with Crippen molar-refractivity contribution >= 4 is 0 Å². The molecular formula is C6H4F4. The maximum absolute atomic E-state index is 12.1. The molecular weight excluding hydrogens is 148 g/mol. The first kappa shape index (κ1) is 7.31. The molecule has 1 aliphatic rings. The topological polar surface area (TPSA) is 0 Å². The van der Waals surface area contributed by atoms with Crippen molar-refractivity contribution in [3.05, 3.63) is 23.8 Å². The summed E-state index contributed by atoms with van der Waals surface area (Å²) in [5, 5.41) is 0. The van der Waals surface area contributed by atoms with Gasteiger partial charge in [0, 0.05) is 0 Å². The third-order valence-corrected chi connectivity index (χ3v) is 1.14. The summed E-state index contributed by atoms with van der Waals surface area (Å²) in [6, 6.07) is 0. The van der Waals surface area contributed by atoms with Crippen LogP contribution in [-0.2, 0) is 0 Å². The van der Waals surface area contributed by atoms with Gasteiger partial charge in [-0.05, 0) is 12.2 Å². The summed E-state index contributed by atoms with van der Waals surface area (Å²) in [4.78, 5) is 0. The molecule has 0 saturated heterocycles. The van der Waals surface area contributed by atoms with Gasteiger partial charge in [0.1, 0.15) is 0 Å². The highest BCUT2D eigenvalue weighted by molar-refractivity contribution is 5.27. The Morgan fingerprint density at radius 3 is 1.50 bits per heavy atom. The number of allylic oxidation sites excluding steroid dienone is 4. The molecule has 0 saturated carbocycles. The van der Waals surface area contributed by atoms with Gasteiger partial charge in [-0.1, -0.05) is 0 Å². The molecule has 2 atom stereocenters. The van der Waals surface area contributed by atoms with E-state index < -0.39 is 24.0 Å². The van der Waals surface area contributed by atoms with E-state index in [1.54, 1.807) is 0 Å². The van der Waals surface area contributed by atoms with E-state index in [2.05, 4.69) is 0 Å². The van der Waals surface area contributed by atoms with E-state index in [4.69, 9.17) is 0 Å². The Morgan fingerprint density at radius 2 is 1.20 bits per heavy atom. The zero-order valence-corrected chi connectivity index (χ0v) is 4.82. The normalized spacial score (nSPS) is 33.2. The lowest BCUT2D eigenvalue weighted by Gasteiger charge is -2.10. The van der Waals surface area contributed by atoms with Gasteiger partial charge in [-0.3, -0.25) is 0 Å². The van der Waals surface area contributed by atoms with E-state index in [0.29, 0.717) is 0 Å². The van der Waals surface area contributed by atoms with E-state index in [-0.39, 0.29) is 12.2 Å². The number of alkyl halides is 2. The van der Waals surface area contributed by atoms with E-state index in [9.17, 15) is 17.6 Å². The Labute approximate surface area is 54.8 Å². The fourth-order valence-electron chi connectivity index (χ4n) is 0.623. The molecule has 1 aliphatic carbocycles. The second-order valence-corrected chi connectivity index (χ2v) is 1.92. The fourth-order valence-corrected chi connectivity index (χ4v) is 0.623. The zero-order valence-electron chi connectivity index (χ0n) is 4.82. The molecule has 0 heterocycles. The number of hydrogen-bond acceptors (Lipinski definition) is 0. The number of halogens is 4. The molecule has 4 heteroatoms. The summed E-state index contributed by atoms with van der Waals surface area (Å²) >= 11 is 0. The SMILES string of the molecule is FC1=CC(F)C(F)C=C1F. The third-order valence-electron chi connectivity index (χ3n) is 1.14. The van der Waals surface area contributed by atoms with Crippen LogP contribution in [0.2, 0.25) is 0 Å². The molecule has 0 aromatic rings. The van der Waals surface area contributed by atoms with Gasteiger partial charge in [-0.25, -0.2) is 17.6 Å². The van der Waals surface area contributed by atoms with E-state index in [0.717, 1.165) is 0 Å². The Kier molecular flexibility index (Phi) is 1.78. The van der Waals surface area contributed by atoms with Gasteiger partial charge in [0.2, 0.25) is 0 Å². The van der Waals surface area contributed by atoms with E-state index >= 15 is 0 Å². The molecule has 1 rings (SSSR count). The molecule has 0 radical (unpaired) electrons. The van der Waals surface area contributed by atoms with Crippen LogP contribution in [0.15, 0.2) is 23.8 Å². The predicted octanol–water partition coefficient (Wildman–Crippen LogP) is 2.38. The van der Waals surface area contributed by atoms with Crippen LogP contribution in [-0.4, -0.2) is 12.3 Å². The van der Waals surface area contributed by atoms with Crippen LogP contribution in [0.1, 0.15) is 0 Å². The van der Waals surface area contributed by atoms with Crippen molar-refractivity contribution in [2.45, 2.75) is 12.3 Å². The largest absolute Gasteiger partial charge is 0.239 e. The quantitative estimate of drug-likeness (QED) is 0.467. The minimum absolute atomic E-state index is 0.278. The molecule has 0 aliphatic heterocycles. The molecule has 56 valence electrons. The highest BCUT2D eigenvalue weighted by atomic mass is 19.2. The molecule has 2 unspecified atom stereocenters. The summed E-state index contributed by atoms with van der Waals surface area (Å²) in [6.07, 6.45) is -3.56. The Hall–Kier alpha value is -0.800. The minimum atomic E-state index is -2.06. The molecule has 0 aromatic carbocycles. The standard InChI is InChI=1S/C6H4F4/c7-3-1-4(8)6(10)2-5(3)9/h1-3,5H. The zero-order chi connectivity index (χ0) is 7.72. The van der Waals surface area contributed by atoms with Crippen LogP contribution in [0.3, 0.4) is 0 Å². The van der Waals surface area contributed by atoms with E-state index in [1.807, 2.05) is 0 Å². The summed E-state index contributed by atoms with van der Waals surface area (Å²) in [5.41, 5.74) is 0. The monoisotopic (exact) mass is 152 g/mol. The predicted molar refractivity (Wildman–Crippen MR) is 28.2 cm³/mol. The van der Waals surface area contributed by atoms with Gasteiger partial charge in [0.05, 0.1) is 0 Å². The van der Waals surface area contributed by atoms with Gasteiger partial charge >= 0.3 is 0 Å². The van der Waals surface area contributed by atoms with Crippen molar-refractivity contribution in [2.75, 3.05) is 0 Å². The van der Waals surface area contributed by atoms with Gasteiger partial charge in [0.25, 0.3) is 0 Å². The van der Waals surface area contributed by atoms with Gasteiger partial charge < -0.3 is 0 Å². The Balaban J connectivity index is 2.83. The molecule has 0 bridgehead atoms. The first-order valence-electron chi connectivity index (χ1n) is 2.64. The molecule has 10 heavy (non-hydrogen) atoms. The lowest BCUT2D eigenvalue weighted by atomic mass is 10.1. The van der Waals surface area contributed by atoms with Crippen molar-refractivity contribution in [2.24, 2.45) is 0 Å². The lowest BCUT2D eigenvalue weighted by molar-refractivity contribution is 0.235. The Morgan fingerprint density at radius 1 is 0.900 bits per heavy atom. The smallest absolute Gasteiger partial charge is 0.157 e. The third kappa shape index (κ3) is 1.20. The van der Waals surface area contributed by atoms with Crippen molar-refractivity contribution < 1.29 is 17.6 Å². The molecule has 0 nitrogen and oxygen atoms in total. The summed E-state index contributed by atoms with van der Waals surface area (Å²) in [7, 11) is 0. The van der Waals surface area contributed by atoms with Crippen molar-refractivity contribution in [1.82, 2.24) is 0 Å². The number of rotatable bonds is 0. The van der Waals surface area contributed by atoms with Gasteiger partial charge in [-0.2, -0.15) is 0 Å². The van der Waals surface area contributed by atoms with Crippen molar-refractivity contribution in [3.63, 3.8) is 0 Å². The molecule has 0 fully saturated rings. The van der Waals surface area contributed by atoms with Gasteiger partial charge in [0.15, 0.2) is 24.0 Å². The average molecular weight is 152 g/mol. The van der Waals surface area contributed by atoms with Crippen LogP contribution in [0.5, 0.6) is 0 Å². The molecule has 0 spiro atoms. The fraction of sp³-hybridized carbons (Fsp3) is 0.333. The minimum Gasteiger partial charge on any atom is -0.239 e. The summed E-state index contributed by atoms with van der Waals surface area (Å²) in [6.45, 7) is 0. The van der Waals surface area contributed by atoms with Crippen LogP contribution in [0, 0.1) is 0 Å². The van der Waals surface area contributed by atoms with E-state index in [1.165, 1.54) is 0 Å². The molecule has 0 amide bonds. The van der Waals surface area contributed by atoms with Gasteiger partial charge in [-0.15, -0.1) is 0 Å². The summed E-state index contributed by atoms with van der Waals surface area (Å²) < 4.78 is 48.2. The maximum Gasteiger partial charge on any atom is 0.157 e. The van der Waals surface area contributed by atoms with Crippen LogP contribution >= 0.6 is 0 Å². The summed E-state index contributed by atoms with van der Waals surface area (Å²) in [5.74, 6) is -2.66. The lowest BCUT2D eigenvalue weighted by Crippen LogP contribution is -2.16. The van der Waals surface area contributed by atoms with Crippen LogP contribution in [0.4, 0.5) is 17.6 Å². The van der Waals surface area contributed by atoms with Crippen molar-refractivity contribution in [1.29, 1.82) is 0 Å². The second-order valence-electron chi connectivity index (χ2n) is 1.92. The highest BCUT2D eigenvalue weighted by Gasteiger charge is 2.24. The van der Waals surface area contributed by atoms with Crippen LogP contribution in [0.25, 0.3) is 0 Å². The number of hydrogen-bond donors (Lipinski definition) is 0. The molecule has 0 N–H and O–H groups in total. The van der Waals surface area contributed by atoms with Crippen molar-refractivity contribution in [3.8, 4) is 0 Å². The highest BCUT2D eigenvalue weighted by Crippen LogP contribution is 2.24. The first-order chi connectivity index (χ1) is 4.61. The first-order valence-corrected chi connectivity index (χ1v) is 2.64. The van der Waals surface area contributed by atoms with Crippen LogP contribution < -0.4 is 0 Å². The molecule has 0 aromatic heterocycles.